The van der Waals surface area contributed by atoms with E-state index >= 15 is 0 Å². The van der Waals surface area contributed by atoms with Crippen molar-refractivity contribution in [3.8, 4) is 0 Å². The summed E-state index contributed by atoms with van der Waals surface area (Å²) in [5.74, 6) is 0.799. The van der Waals surface area contributed by atoms with E-state index in [2.05, 4.69) is 16.9 Å². The number of thioether (sulfide) groups is 1. The van der Waals surface area contributed by atoms with Crippen LogP contribution in [0.1, 0.15) is 6.92 Å². The fourth-order valence-corrected chi connectivity index (χ4v) is 3.25. The Labute approximate surface area is 108 Å². The molecule has 0 saturated heterocycles. The predicted molar refractivity (Wildman–Crippen MR) is 74.8 cm³/mol. The van der Waals surface area contributed by atoms with Gasteiger partial charge in [0, 0.05) is 18.4 Å². The lowest BCUT2D eigenvalue weighted by atomic mass is 10.3. The number of aromatic nitrogens is 1. The molecule has 0 aliphatic carbocycles. The second-order valence-corrected chi connectivity index (χ2v) is 5.74. The zero-order chi connectivity index (χ0) is 12.3. The van der Waals surface area contributed by atoms with E-state index in [9.17, 15) is 4.79 Å². The van der Waals surface area contributed by atoms with Gasteiger partial charge in [-0.25, -0.2) is 4.98 Å². The fourth-order valence-electron chi connectivity index (χ4n) is 1.38. The van der Waals surface area contributed by atoms with Crippen molar-refractivity contribution in [1.82, 2.24) is 4.98 Å². The molecule has 5 heteroatoms. The minimum absolute atomic E-state index is 0.0601. The fraction of sp³-hybridized carbons (Fsp3) is 0.167. The Bertz CT molecular complexity index is 563. The summed E-state index contributed by atoms with van der Waals surface area (Å²) in [4.78, 5) is 15.4. The Morgan fingerprint density at radius 1 is 1.65 bits per heavy atom. The second kappa shape index (κ2) is 5.33. The molecule has 1 heterocycles. The molecule has 0 aliphatic heterocycles. The number of nitrogens with zero attached hydrogens (tertiary/aromatic N) is 1. The van der Waals surface area contributed by atoms with Crippen molar-refractivity contribution < 1.29 is 4.79 Å². The molecule has 1 amide bonds. The topological polar surface area (TPSA) is 42.0 Å². The average Bonchev–Trinajstić information content (AvgIpc) is 2.67. The number of hydrogen-bond acceptors (Lipinski definition) is 4. The molecule has 2 aromatic rings. The van der Waals surface area contributed by atoms with Gasteiger partial charge in [0.1, 0.15) is 0 Å². The number of amides is 1. The molecule has 0 fully saturated rings. The van der Waals surface area contributed by atoms with E-state index in [0.717, 1.165) is 26.0 Å². The van der Waals surface area contributed by atoms with Gasteiger partial charge in [0.15, 0.2) is 4.34 Å². The maximum atomic E-state index is 11.0. The van der Waals surface area contributed by atoms with Gasteiger partial charge in [-0.05, 0) is 18.2 Å². The highest BCUT2D eigenvalue weighted by atomic mass is 32.2. The van der Waals surface area contributed by atoms with Crippen molar-refractivity contribution in [2.45, 2.75) is 11.3 Å². The van der Waals surface area contributed by atoms with E-state index in [0.29, 0.717) is 0 Å². The van der Waals surface area contributed by atoms with E-state index in [1.807, 2.05) is 24.3 Å². The highest BCUT2D eigenvalue weighted by Gasteiger charge is 2.05. The third-order valence-electron chi connectivity index (χ3n) is 2.01. The van der Waals surface area contributed by atoms with Crippen LogP contribution in [0.3, 0.4) is 0 Å². The zero-order valence-corrected chi connectivity index (χ0v) is 11.0. The minimum atomic E-state index is -0.0601. The Morgan fingerprint density at radius 3 is 3.18 bits per heavy atom. The van der Waals surface area contributed by atoms with Crippen LogP contribution in [0, 0.1) is 0 Å². The highest BCUT2D eigenvalue weighted by Crippen LogP contribution is 2.31. The highest BCUT2D eigenvalue weighted by molar-refractivity contribution is 8.01. The SMILES string of the molecule is C=CCSc1nc2ccc(NC(C)=O)cc2s1. The summed E-state index contributed by atoms with van der Waals surface area (Å²) in [7, 11) is 0. The van der Waals surface area contributed by atoms with E-state index in [4.69, 9.17) is 0 Å². The van der Waals surface area contributed by atoms with Crippen LogP contribution in [0.4, 0.5) is 5.69 Å². The average molecular weight is 264 g/mol. The molecule has 1 N–H and O–H groups in total. The zero-order valence-electron chi connectivity index (χ0n) is 9.40. The second-order valence-electron chi connectivity index (χ2n) is 3.44. The number of carbonyl (C=O) groups excluding carboxylic acids is 1. The first kappa shape index (κ1) is 12.1. The third-order valence-corrected chi connectivity index (χ3v) is 4.17. The Hall–Kier alpha value is -1.33. The van der Waals surface area contributed by atoms with Gasteiger partial charge in [0.2, 0.25) is 5.91 Å². The lowest BCUT2D eigenvalue weighted by Crippen LogP contribution is -2.05. The maximum absolute atomic E-state index is 11.0. The lowest BCUT2D eigenvalue weighted by molar-refractivity contribution is -0.114. The van der Waals surface area contributed by atoms with Crippen LogP contribution in [-0.2, 0) is 4.79 Å². The molecule has 0 spiro atoms. The summed E-state index contributed by atoms with van der Waals surface area (Å²) in [5, 5.41) is 2.77. The molecule has 2 rings (SSSR count). The first-order valence-electron chi connectivity index (χ1n) is 5.11. The largest absolute Gasteiger partial charge is 0.326 e. The van der Waals surface area contributed by atoms with Crippen LogP contribution in [0.15, 0.2) is 35.2 Å². The van der Waals surface area contributed by atoms with Gasteiger partial charge in [-0.1, -0.05) is 17.8 Å². The van der Waals surface area contributed by atoms with Crippen LogP contribution in [0.5, 0.6) is 0 Å². The first-order chi connectivity index (χ1) is 8.19. The number of carbonyl (C=O) groups is 1. The van der Waals surface area contributed by atoms with Crippen molar-refractivity contribution in [3.05, 3.63) is 30.9 Å². The molecule has 17 heavy (non-hydrogen) atoms. The number of benzene rings is 1. The van der Waals surface area contributed by atoms with Crippen LogP contribution >= 0.6 is 23.1 Å². The van der Waals surface area contributed by atoms with Gasteiger partial charge < -0.3 is 5.32 Å². The molecule has 88 valence electrons. The summed E-state index contributed by atoms with van der Waals surface area (Å²) in [6.07, 6.45) is 1.86. The molecule has 3 nitrogen and oxygen atoms in total. The van der Waals surface area contributed by atoms with Crippen LogP contribution < -0.4 is 5.32 Å². The standard InChI is InChI=1S/C12H12N2OS2/c1-3-6-16-12-14-10-5-4-9(13-8(2)15)7-11(10)17-12/h3-5,7H,1,6H2,2H3,(H,13,15). The molecule has 0 atom stereocenters. The van der Waals surface area contributed by atoms with Crippen molar-refractivity contribution >= 4 is 44.9 Å². The summed E-state index contributed by atoms with van der Waals surface area (Å²) < 4.78 is 2.11. The van der Waals surface area contributed by atoms with Crippen molar-refractivity contribution in [3.63, 3.8) is 0 Å². The molecule has 0 bridgehead atoms. The van der Waals surface area contributed by atoms with Gasteiger partial charge in [-0.15, -0.1) is 17.9 Å². The molecular weight excluding hydrogens is 252 g/mol. The molecular formula is C12H12N2OS2. The van der Waals surface area contributed by atoms with E-state index < -0.39 is 0 Å². The van der Waals surface area contributed by atoms with E-state index in [1.165, 1.54) is 6.92 Å². The molecule has 0 aliphatic rings. The van der Waals surface area contributed by atoms with Gasteiger partial charge in [0.05, 0.1) is 10.2 Å². The van der Waals surface area contributed by atoms with Crippen LogP contribution in [0.2, 0.25) is 0 Å². The Balaban J connectivity index is 2.27. The van der Waals surface area contributed by atoms with Crippen molar-refractivity contribution in [2.24, 2.45) is 0 Å². The van der Waals surface area contributed by atoms with Gasteiger partial charge in [-0.2, -0.15) is 0 Å². The van der Waals surface area contributed by atoms with Crippen LogP contribution in [0.25, 0.3) is 10.2 Å². The number of hydrogen-bond donors (Lipinski definition) is 1. The summed E-state index contributed by atoms with van der Waals surface area (Å²) in [6.45, 7) is 5.19. The van der Waals surface area contributed by atoms with Gasteiger partial charge in [0.25, 0.3) is 0 Å². The van der Waals surface area contributed by atoms with Crippen LogP contribution in [-0.4, -0.2) is 16.6 Å². The first-order valence-corrected chi connectivity index (χ1v) is 6.91. The molecule has 0 unspecified atom stereocenters. The monoisotopic (exact) mass is 264 g/mol. The molecule has 1 aromatic heterocycles. The number of thiazole rings is 1. The smallest absolute Gasteiger partial charge is 0.221 e. The lowest BCUT2D eigenvalue weighted by Gasteiger charge is -1.99. The Morgan fingerprint density at radius 2 is 2.47 bits per heavy atom. The van der Waals surface area contributed by atoms with E-state index in [-0.39, 0.29) is 5.91 Å². The summed E-state index contributed by atoms with van der Waals surface area (Å²) in [6, 6.07) is 5.74. The summed E-state index contributed by atoms with van der Waals surface area (Å²) >= 11 is 3.30. The number of anilines is 1. The molecule has 0 saturated carbocycles. The maximum Gasteiger partial charge on any atom is 0.221 e. The summed E-state index contributed by atoms with van der Waals surface area (Å²) in [5.41, 5.74) is 1.78. The van der Waals surface area contributed by atoms with Gasteiger partial charge in [-0.3, -0.25) is 4.79 Å². The van der Waals surface area contributed by atoms with Gasteiger partial charge >= 0.3 is 0 Å². The number of nitrogens with one attached hydrogen (secondary N) is 1. The normalized spacial score (nSPS) is 10.4. The number of rotatable bonds is 4. The third kappa shape index (κ3) is 3.08. The molecule has 1 aromatic carbocycles. The number of fused-ring (bicyclic) bond motifs is 1. The minimum Gasteiger partial charge on any atom is -0.326 e. The molecule has 0 radical (unpaired) electrons. The van der Waals surface area contributed by atoms with E-state index in [1.54, 1.807) is 23.1 Å². The predicted octanol–water partition coefficient (Wildman–Crippen LogP) is 3.53. The van der Waals surface area contributed by atoms with Crippen molar-refractivity contribution in [2.75, 3.05) is 11.1 Å². The quantitative estimate of drug-likeness (QED) is 0.678. The van der Waals surface area contributed by atoms with Crippen molar-refractivity contribution in [1.29, 1.82) is 0 Å². The Kier molecular flexibility index (Phi) is 3.81.